The number of nitrogens with zero attached hydrogens (tertiary/aromatic N) is 4. The van der Waals surface area contributed by atoms with Crippen LogP contribution in [0, 0.1) is 11.8 Å². The van der Waals surface area contributed by atoms with E-state index in [4.69, 9.17) is 0 Å². The van der Waals surface area contributed by atoms with Crippen LogP contribution < -0.4 is 0 Å². The summed E-state index contributed by atoms with van der Waals surface area (Å²) in [4.78, 5) is 33.3. The van der Waals surface area contributed by atoms with Crippen molar-refractivity contribution in [2.24, 2.45) is 11.8 Å². The SMILES string of the molecule is CC1CC1C(=O)N(C)C1CCN(CC(=O)N2CCN(C)CC2)CC1. The molecule has 0 aromatic carbocycles. The number of piperazine rings is 1. The first kappa shape index (κ1) is 17.7. The van der Waals surface area contributed by atoms with Crippen LogP contribution in [0.25, 0.3) is 0 Å². The van der Waals surface area contributed by atoms with E-state index in [-0.39, 0.29) is 11.8 Å². The third-order valence-electron chi connectivity index (χ3n) is 6.09. The number of likely N-dealkylation sites (N-methyl/N-ethyl adjacent to an activating group) is 1. The zero-order valence-electron chi connectivity index (χ0n) is 15.4. The van der Waals surface area contributed by atoms with Crippen molar-refractivity contribution in [3.8, 4) is 0 Å². The highest BCUT2D eigenvalue weighted by Crippen LogP contribution is 2.39. The maximum absolute atomic E-state index is 12.4. The van der Waals surface area contributed by atoms with E-state index in [1.807, 2.05) is 16.8 Å². The molecule has 3 rings (SSSR count). The maximum atomic E-state index is 12.4. The predicted octanol–water partition coefficient (Wildman–Crippen LogP) is 0.339. The summed E-state index contributed by atoms with van der Waals surface area (Å²) in [6.45, 7) is 8.17. The Balaban J connectivity index is 1.40. The van der Waals surface area contributed by atoms with Crippen LogP contribution in [-0.2, 0) is 9.59 Å². The third kappa shape index (κ3) is 4.09. The second-order valence-electron chi connectivity index (χ2n) is 7.96. The Hall–Kier alpha value is -1.14. The van der Waals surface area contributed by atoms with Crippen LogP contribution in [0.15, 0.2) is 0 Å². The van der Waals surface area contributed by atoms with Crippen LogP contribution in [-0.4, -0.2) is 97.4 Å². The second kappa shape index (κ2) is 7.40. The Labute approximate surface area is 145 Å². The van der Waals surface area contributed by atoms with Gasteiger partial charge in [0.1, 0.15) is 0 Å². The van der Waals surface area contributed by atoms with Crippen LogP contribution in [0.2, 0.25) is 0 Å². The summed E-state index contributed by atoms with van der Waals surface area (Å²) in [5, 5.41) is 0. The number of likely N-dealkylation sites (tertiary alicyclic amines) is 1. The van der Waals surface area contributed by atoms with Crippen molar-refractivity contribution in [1.82, 2.24) is 19.6 Å². The molecule has 136 valence electrons. The summed E-state index contributed by atoms with van der Waals surface area (Å²) in [5.41, 5.74) is 0. The summed E-state index contributed by atoms with van der Waals surface area (Å²) >= 11 is 0. The number of carbonyl (C=O) groups is 2. The molecule has 0 spiro atoms. The molecule has 24 heavy (non-hydrogen) atoms. The van der Waals surface area contributed by atoms with Crippen molar-refractivity contribution in [2.45, 2.75) is 32.2 Å². The molecule has 2 unspecified atom stereocenters. The van der Waals surface area contributed by atoms with Crippen molar-refractivity contribution < 1.29 is 9.59 Å². The fourth-order valence-electron chi connectivity index (χ4n) is 3.92. The van der Waals surface area contributed by atoms with Gasteiger partial charge in [-0.1, -0.05) is 6.92 Å². The average Bonchev–Trinajstić information content (AvgIpc) is 3.31. The molecular formula is C18H32N4O2. The minimum atomic E-state index is 0.262. The number of hydrogen-bond acceptors (Lipinski definition) is 4. The lowest BCUT2D eigenvalue weighted by Crippen LogP contribution is -2.52. The van der Waals surface area contributed by atoms with Crippen LogP contribution in [0.5, 0.6) is 0 Å². The van der Waals surface area contributed by atoms with Gasteiger partial charge in [-0.2, -0.15) is 0 Å². The smallest absolute Gasteiger partial charge is 0.236 e. The maximum Gasteiger partial charge on any atom is 0.236 e. The number of rotatable bonds is 4. The van der Waals surface area contributed by atoms with Crippen LogP contribution in [0.3, 0.4) is 0 Å². The molecule has 2 amide bonds. The summed E-state index contributed by atoms with van der Waals surface area (Å²) in [7, 11) is 4.07. The van der Waals surface area contributed by atoms with E-state index in [1.54, 1.807) is 0 Å². The van der Waals surface area contributed by atoms with Crippen LogP contribution in [0.1, 0.15) is 26.2 Å². The lowest BCUT2D eigenvalue weighted by molar-refractivity contribution is -0.137. The largest absolute Gasteiger partial charge is 0.342 e. The lowest BCUT2D eigenvalue weighted by atomic mass is 10.0. The van der Waals surface area contributed by atoms with Crippen molar-refractivity contribution >= 4 is 11.8 Å². The second-order valence-corrected chi connectivity index (χ2v) is 7.96. The molecule has 2 heterocycles. The summed E-state index contributed by atoms with van der Waals surface area (Å²) in [6.07, 6.45) is 3.03. The van der Waals surface area contributed by atoms with Crippen molar-refractivity contribution in [3.05, 3.63) is 0 Å². The quantitative estimate of drug-likeness (QED) is 0.743. The normalized spacial score (nSPS) is 29.5. The Morgan fingerprint density at radius 2 is 1.62 bits per heavy atom. The van der Waals surface area contributed by atoms with E-state index in [1.165, 1.54) is 0 Å². The number of piperidine rings is 1. The molecule has 0 bridgehead atoms. The summed E-state index contributed by atoms with van der Waals surface area (Å²) in [5.74, 6) is 1.43. The zero-order valence-corrected chi connectivity index (χ0v) is 15.4. The molecule has 3 aliphatic rings. The Morgan fingerprint density at radius 1 is 1.04 bits per heavy atom. The van der Waals surface area contributed by atoms with Gasteiger partial charge in [-0.15, -0.1) is 0 Å². The van der Waals surface area contributed by atoms with E-state index in [9.17, 15) is 9.59 Å². The van der Waals surface area contributed by atoms with Gasteiger partial charge in [0.15, 0.2) is 0 Å². The monoisotopic (exact) mass is 336 g/mol. The van der Waals surface area contributed by atoms with Crippen LogP contribution >= 0.6 is 0 Å². The van der Waals surface area contributed by atoms with Gasteiger partial charge in [-0.3, -0.25) is 14.5 Å². The van der Waals surface area contributed by atoms with Gasteiger partial charge in [0.25, 0.3) is 0 Å². The standard InChI is InChI=1S/C18H32N4O2/c1-14-12-16(14)18(24)20(3)15-4-6-21(7-5-15)13-17(23)22-10-8-19(2)9-11-22/h14-16H,4-13H2,1-3H3. The highest BCUT2D eigenvalue weighted by molar-refractivity contribution is 5.81. The van der Waals surface area contributed by atoms with E-state index in [0.717, 1.165) is 58.5 Å². The van der Waals surface area contributed by atoms with Crippen molar-refractivity contribution in [2.75, 3.05) is 59.9 Å². The van der Waals surface area contributed by atoms with E-state index in [2.05, 4.69) is 23.8 Å². The topological polar surface area (TPSA) is 47.1 Å². The van der Waals surface area contributed by atoms with Gasteiger partial charge in [-0.05, 0) is 32.2 Å². The molecule has 2 aliphatic heterocycles. The van der Waals surface area contributed by atoms with E-state index < -0.39 is 0 Å². The Morgan fingerprint density at radius 3 is 2.17 bits per heavy atom. The fourth-order valence-corrected chi connectivity index (χ4v) is 3.92. The first-order valence-electron chi connectivity index (χ1n) is 9.41. The van der Waals surface area contributed by atoms with Gasteiger partial charge in [0.2, 0.25) is 11.8 Å². The predicted molar refractivity (Wildman–Crippen MR) is 93.6 cm³/mol. The highest BCUT2D eigenvalue weighted by atomic mass is 16.2. The van der Waals surface area contributed by atoms with Crippen molar-refractivity contribution in [1.29, 1.82) is 0 Å². The fraction of sp³-hybridized carbons (Fsp3) is 0.889. The number of carbonyl (C=O) groups excluding carboxylic acids is 2. The molecule has 0 N–H and O–H groups in total. The molecule has 2 atom stereocenters. The Kier molecular flexibility index (Phi) is 5.45. The first-order chi connectivity index (χ1) is 11.5. The minimum Gasteiger partial charge on any atom is -0.342 e. The van der Waals surface area contributed by atoms with Gasteiger partial charge in [0, 0.05) is 58.3 Å². The van der Waals surface area contributed by atoms with E-state index >= 15 is 0 Å². The van der Waals surface area contributed by atoms with Crippen LogP contribution in [0.4, 0.5) is 0 Å². The zero-order chi connectivity index (χ0) is 17.3. The van der Waals surface area contributed by atoms with Gasteiger partial charge >= 0.3 is 0 Å². The molecule has 3 fully saturated rings. The van der Waals surface area contributed by atoms with Gasteiger partial charge < -0.3 is 14.7 Å². The molecule has 6 nitrogen and oxygen atoms in total. The summed E-state index contributed by atoms with van der Waals surface area (Å²) < 4.78 is 0. The number of hydrogen-bond donors (Lipinski definition) is 0. The molecule has 1 aliphatic carbocycles. The molecular weight excluding hydrogens is 304 g/mol. The van der Waals surface area contributed by atoms with Gasteiger partial charge in [-0.25, -0.2) is 0 Å². The third-order valence-corrected chi connectivity index (χ3v) is 6.09. The molecule has 0 aromatic rings. The molecule has 0 aromatic heterocycles. The molecule has 0 radical (unpaired) electrons. The first-order valence-corrected chi connectivity index (χ1v) is 9.41. The molecule has 2 saturated heterocycles. The highest BCUT2D eigenvalue weighted by Gasteiger charge is 2.42. The van der Waals surface area contributed by atoms with Crippen molar-refractivity contribution in [3.63, 3.8) is 0 Å². The lowest BCUT2D eigenvalue weighted by Gasteiger charge is -2.38. The number of amides is 2. The molecule has 1 saturated carbocycles. The van der Waals surface area contributed by atoms with E-state index in [0.29, 0.717) is 24.4 Å². The minimum absolute atomic E-state index is 0.262. The van der Waals surface area contributed by atoms with Gasteiger partial charge in [0.05, 0.1) is 6.54 Å². The Bertz CT molecular complexity index is 468. The summed E-state index contributed by atoms with van der Waals surface area (Å²) in [6, 6.07) is 0.347. The average molecular weight is 336 g/mol. The molecule has 6 heteroatoms.